The lowest BCUT2D eigenvalue weighted by Gasteiger charge is -2.13. The molecule has 2 aromatic heterocycles. The second-order valence-electron chi connectivity index (χ2n) is 4.86. The van der Waals surface area contributed by atoms with Crippen molar-refractivity contribution in [3.63, 3.8) is 0 Å². The molecule has 1 N–H and O–H groups in total. The number of hydrogen-bond acceptors (Lipinski definition) is 5. The van der Waals surface area contributed by atoms with Crippen molar-refractivity contribution in [3.05, 3.63) is 47.5 Å². The zero-order chi connectivity index (χ0) is 14.1. The highest BCUT2D eigenvalue weighted by atomic mass is 16.5. The second-order valence-corrected chi connectivity index (χ2v) is 4.86. The number of fused-ring (bicyclic) bond motifs is 1. The van der Waals surface area contributed by atoms with Crippen molar-refractivity contribution in [1.29, 1.82) is 0 Å². The van der Waals surface area contributed by atoms with Crippen LogP contribution in [-0.2, 0) is 0 Å². The standard InChI is InChI=1S/C15H16N4O/c1-9(14-10(2)19-20-11(14)3)17-15-16-8-12-6-4-5-7-13(12)18-15/h4-9H,1-3H3,(H,16,17,18). The molecule has 0 bridgehead atoms. The summed E-state index contributed by atoms with van der Waals surface area (Å²) >= 11 is 0. The Kier molecular flexibility index (Phi) is 3.10. The molecule has 3 rings (SSSR count). The van der Waals surface area contributed by atoms with Crippen molar-refractivity contribution in [2.75, 3.05) is 5.32 Å². The minimum absolute atomic E-state index is 0.0439. The molecule has 0 aliphatic heterocycles. The van der Waals surface area contributed by atoms with E-state index in [2.05, 4.69) is 20.4 Å². The van der Waals surface area contributed by atoms with Crippen LogP contribution in [0.2, 0.25) is 0 Å². The molecule has 0 aliphatic rings. The molecule has 0 amide bonds. The first-order chi connectivity index (χ1) is 9.65. The minimum atomic E-state index is 0.0439. The average molecular weight is 268 g/mol. The number of aromatic nitrogens is 3. The summed E-state index contributed by atoms with van der Waals surface area (Å²) in [4.78, 5) is 8.85. The first-order valence-electron chi connectivity index (χ1n) is 6.56. The Morgan fingerprint density at radius 2 is 2.00 bits per heavy atom. The van der Waals surface area contributed by atoms with Gasteiger partial charge in [0, 0.05) is 17.1 Å². The van der Waals surface area contributed by atoms with Crippen LogP contribution in [0.25, 0.3) is 10.9 Å². The zero-order valence-corrected chi connectivity index (χ0v) is 11.7. The van der Waals surface area contributed by atoms with Crippen LogP contribution in [0.5, 0.6) is 0 Å². The molecule has 20 heavy (non-hydrogen) atoms. The number of para-hydroxylation sites is 1. The van der Waals surface area contributed by atoms with Crippen LogP contribution in [-0.4, -0.2) is 15.1 Å². The SMILES string of the molecule is Cc1noc(C)c1C(C)Nc1ncc2ccccc2n1. The van der Waals surface area contributed by atoms with Gasteiger partial charge in [-0.2, -0.15) is 0 Å². The summed E-state index contributed by atoms with van der Waals surface area (Å²) in [5.74, 6) is 1.43. The normalized spacial score (nSPS) is 12.6. The first kappa shape index (κ1) is 12.6. The summed E-state index contributed by atoms with van der Waals surface area (Å²) in [5, 5.41) is 8.30. The molecule has 3 aromatic rings. The Bertz CT molecular complexity index is 731. The fraction of sp³-hybridized carbons (Fsp3) is 0.267. The highest BCUT2D eigenvalue weighted by Gasteiger charge is 2.17. The van der Waals surface area contributed by atoms with Crippen molar-refractivity contribution in [3.8, 4) is 0 Å². The number of rotatable bonds is 3. The van der Waals surface area contributed by atoms with Crippen molar-refractivity contribution in [1.82, 2.24) is 15.1 Å². The topological polar surface area (TPSA) is 63.8 Å². The van der Waals surface area contributed by atoms with Gasteiger partial charge in [0.15, 0.2) is 0 Å². The van der Waals surface area contributed by atoms with Crippen molar-refractivity contribution < 1.29 is 4.52 Å². The minimum Gasteiger partial charge on any atom is -0.361 e. The third kappa shape index (κ3) is 2.22. The molecule has 1 unspecified atom stereocenters. The number of benzene rings is 1. The maximum Gasteiger partial charge on any atom is 0.223 e. The summed E-state index contributed by atoms with van der Waals surface area (Å²) < 4.78 is 5.19. The predicted octanol–water partition coefficient (Wildman–Crippen LogP) is 3.41. The third-order valence-corrected chi connectivity index (χ3v) is 3.36. The van der Waals surface area contributed by atoms with Gasteiger partial charge in [0.25, 0.3) is 0 Å². The van der Waals surface area contributed by atoms with E-state index in [1.165, 1.54) is 0 Å². The molecule has 1 atom stereocenters. The molecule has 0 radical (unpaired) electrons. The van der Waals surface area contributed by atoms with Crippen molar-refractivity contribution in [2.24, 2.45) is 0 Å². The lowest BCUT2D eigenvalue weighted by Crippen LogP contribution is -2.10. The Morgan fingerprint density at radius 3 is 2.75 bits per heavy atom. The van der Waals surface area contributed by atoms with E-state index in [-0.39, 0.29) is 6.04 Å². The lowest BCUT2D eigenvalue weighted by atomic mass is 10.1. The molecular weight excluding hydrogens is 252 g/mol. The molecule has 0 saturated carbocycles. The van der Waals surface area contributed by atoms with Gasteiger partial charge in [-0.15, -0.1) is 0 Å². The van der Waals surface area contributed by atoms with Gasteiger partial charge in [0.1, 0.15) is 5.76 Å². The van der Waals surface area contributed by atoms with Crippen LogP contribution in [0.15, 0.2) is 35.0 Å². The fourth-order valence-electron chi connectivity index (χ4n) is 2.42. The highest BCUT2D eigenvalue weighted by Crippen LogP contribution is 2.24. The Morgan fingerprint density at radius 1 is 1.20 bits per heavy atom. The number of nitrogens with one attached hydrogen (secondary N) is 1. The van der Waals surface area contributed by atoms with Gasteiger partial charge in [0.05, 0.1) is 17.3 Å². The number of hydrogen-bond donors (Lipinski definition) is 1. The van der Waals surface area contributed by atoms with Crippen LogP contribution in [0.1, 0.15) is 30.0 Å². The van der Waals surface area contributed by atoms with Crippen LogP contribution >= 0.6 is 0 Å². The van der Waals surface area contributed by atoms with E-state index in [1.807, 2.05) is 51.2 Å². The lowest BCUT2D eigenvalue weighted by molar-refractivity contribution is 0.392. The predicted molar refractivity (Wildman–Crippen MR) is 77.6 cm³/mol. The molecule has 0 fully saturated rings. The number of anilines is 1. The maximum absolute atomic E-state index is 5.19. The van der Waals surface area contributed by atoms with E-state index in [0.717, 1.165) is 27.9 Å². The molecular formula is C15H16N4O. The average Bonchev–Trinajstić information content (AvgIpc) is 2.78. The smallest absolute Gasteiger partial charge is 0.223 e. The van der Waals surface area contributed by atoms with Crippen LogP contribution in [0, 0.1) is 13.8 Å². The molecule has 1 aromatic carbocycles. The largest absolute Gasteiger partial charge is 0.361 e. The zero-order valence-electron chi connectivity index (χ0n) is 11.7. The number of aryl methyl sites for hydroxylation is 2. The molecule has 0 aliphatic carbocycles. The summed E-state index contributed by atoms with van der Waals surface area (Å²) in [6, 6.07) is 7.96. The van der Waals surface area contributed by atoms with Gasteiger partial charge in [-0.25, -0.2) is 9.97 Å². The van der Waals surface area contributed by atoms with Crippen LogP contribution in [0.3, 0.4) is 0 Å². The molecule has 0 spiro atoms. The summed E-state index contributed by atoms with van der Waals surface area (Å²) in [5.41, 5.74) is 2.88. The van der Waals surface area contributed by atoms with E-state index in [9.17, 15) is 0 Å². The van der Waals surface area contributed by atoms with E-state index in [1.54, 1.807) is 0 Å². The molecule has 5 heteroatoms. The summed E-state index contributed by atoms with van der Waals surface area (Å²) in [6.07, 6.45) is 1.82. The first-order valence-corrected chi connectivity index (χ1v) is 6.56. The van der Waals surface area contributed by atoms with Crippen LogP contribution < -0.4 is 5.32 Å². The van der Waals surface area contributed by atoms with E-state index < -0.39 is 0 Å². The van der Waals surface area contributed by atoms with Gasteiger partial charge in [-0.1, -0.05) is 23.4 Å². The molecule has 2 heterocycles. The van der Waals surface area contributed by atoms with Gasteiger partial charge in [-0.05, 0) is 26.8 Å². The Hall–Kier alpha value is -2.43. The summed E-state index contributed by atoms with van der Waals surface area (Å²) in [6.45, 7) is 5.89. The molecule has 102 valence electrons. The van der Waals surface area contributed by atoms with E-state index in [4.69, 9.17) is 4.52 Å². The number of nitrogens with zero attached hydrogens (tertiary/aromatic N) is 3. The molecule has 0 saturated heterocycles. The van der Waals surface area contributed by atoms with Crippen molar-refractivity contribution in [2.45, 2.75) is 26.8 Å². The third-order valence-electron chi connectivity index (χ3n) is 3.36. The van der Waals surface area contributed by atoms with E-state index in [0.29, 0.717) is 5.95 Å². The van der Waals surface area contributed by atoms with Gasteiger partial charge >= 0.3 is 0 Å². The Labute approximate surface area is 117 Å². The fourth-order valence-corrected chi connectivity index (χ4v) is 2.42. The second kappa shape index (κ2) is 4.92. The molecule has 5 nitrogen and oxygen atoms in total. The van der Waals surface area contributed by atoms with Crippen molar-refractivity contribution >= 4 is 16.9 Å². The highest BCUT2D eigenvalue weighted by molar-refractivity contribution is 5.78. The van der Waals surface area contributed by atoms with Gasteiger partial charge in [-0.3, -0.25) is 0 Å². The van der Waals surface area contributed by atoms with Gasteiger partial charge < -0.3 is 9.84 Å². The Balaban J connectivity index is 1.89. The maximum atomic E-state index is 5.19. The van der Waals surface area contributed by atoms with Gasteiger partial charge in [0.2, 0.25) is 5.95 Å². The van der Waals surface area contributed by atoms with E-state index >= 15 is 0 Å². The van der Waals surface area contributed by atoms with Crippen LogP contribution in [0.4, 0.5) is 5.95 Å². The monoisotopic (exact) mass is 268 g/mol. The quantitative estimate of drug-likeness (QED) is 0.788. The summed E-state index contributed by atoms with van der Waals surface area (Å²) in [7, 11) is 0.